The van der Waals surface area contributed by atoms with Crippen molar-refractivity contribution in [2.75, 3.05) is 0 Å². The summed E-state index contributed by atoms with van der Waals surface area (Å²) in [6.07, 6.45) is 0. The number of hydrogen-bond acceptors (Lipinski definition) is 5. The highest BCUT2D eigenvalue weighted by Crippen LogP contribution is 2.52. The molecule has 0 fully saturated rings. The Bertz CT molecular complexity index is 752. The van der Waals surface area contributed by atoms with Gasteiger partial charge in [0.05, 0.1) is 5.25 Å². The first-order chi connectivity index (χ1) is 10.3. The van der Waals surface area contributed by atoms with E-state index in [1.54, 1.807) is 23.1 Å². The molecule has 4 rings (SSSR count). The standard InChI is InChI=1S/C16H12N2S3/c1-10-17-18-16(19-10)21-15-11-6-2-4-8-13(11)20-14-9-5-3-7-12(14)15/h2-9,15H,1H3. The maximum atomic E-state index is 4.28. The molecule has 0 N–H and O–H groups in total. The maximum absolute atomic E-state index is 4.28. The van der Waals surface area contributed by atoms with Crippen molar-refractivity contribution in [2.24, 2.45) is 0 Å². The molecule has 0 radical (unpaired) electrons. The van der Waals surface area contributed by atoms with Gasteiger partial charge < -0.3 is 0 Å². The Labute approximate surface area is 136 Å². The van der Waals surface area contributed by atoms with E-state index in [9.17, 15) is 0 Å². The van der Waals surface area contributed by atoms with Crippen LogP contribution in [0.1, 0.15) is 21.4 Å². The Morgan fingerprint density at radius 2 is 1.52 bits per heavy atom. The summed E-state index contributed by atoms with van der Waals surface area (Å²) in [5.41, 5.74) is 2.75. The number of hydrogen-bond donors (Lipinski definition) is 0. The molecule has 21 heavy (non-hydrogen) atoms. The number of rotatable bonds is 2. The molecule has 1 aromatic heterocycles. The van der Waals surface area contributed by atoms with Gasteiger partial charge >= 0.3 is 0 Å². The molecule has 2 aromatic carbocycles. The molecule has 0 bridgehead atoms. The molecule has 0 unspecified atom stereocenters. The Kier molecular flexibility index (Phi) is 3.49. The lowest BCUT2D eigenvalue weighted by Gasteiger charge is -2.26. The lowest BCUT2D eigenvalue weighted by molar-refractivity contribution is 0.971. The van der Waals surface area contributed by atoms with Gasteiger partial charge in [-0.05, 0) is 30.2 Å². The van der Waals surface area contributed by atoms with Gasteiger partial charge in [-0.2, -0.15) is 0 Å². The quantitative estimate of drug-likeness (QED) is 0.646. The van der Waals surface area contributed by atoms with E-state index >= 15 is 0 Å². The van der Waals surface area contributed by atoms with Gasteiger partial charge in [-0.15, -0.1) is 10.2 Å². The molecule has 1 aliphatic rings. The number of benzene rings is 2. The summed E-state index contributed by atoms with van der Waals surface area (Å²) in [5, 5.41) is 9.73. The SMILES string of the molecule is Cc1nnc(SC2c3ccccc3Sc3ccccc32)s1. The molecule has 0 spiro atoms. The van der Waals surface area contributed by atoms with E-state index < -0.39 is 0 Å². The largest absolute Gasteiger partial charge is 0.175 e. The van der Waals surface area contributed by atoms with Crippen molar-refractivity contribution < 1.29 is 0 Å². The number of aryl methyl sites for hydroxylation is 1. The minimum Gasteiger partial charge on any atom is -0.143 e. The van der Waals surface area contributed by atoms with Crippen molar-refractivity contribution in [1.82, 2.24) is 10.2 Å². The number of fused-ring (bicyclic) bond motifs is 2. The van der Waals surface area contributed by atoms with Gasteiger partial charge in [0.2, 0.25) is 0 Å². The second-order valence-corrected chi connectivity index (χ2v) is 8.38. The molecule has 0 amide bonds. The van der Waals surface area contributed by atoms with Gasteiger partial charge in [-0.3, -0.25) is 0 Å². The molecular formula is C16H12N2S3. The summed E-state index contributed by atoms with van der Waals surface area (Å²) < 4.78 is 1.04. The van der Waals surface area contributed by atoms with E-state index in [-0.39, 0.29) is 0 Å². The number of nitrogens with zero attached hydrogens (tertiary/aromatic N) is 2. The van der Waals surface area contributed by atoms with Crippen LogP contribution in [0.5, 0.6) is 0 Å². The van der Waals surface area contributed by atoms with Crippen LogP contribution in [0.25, 0.3) is 0 Å². The van der Waals surface area contributed by atoms with Crippen molar-refractivity contribution in [1.29, 1.82) is 0 Å². The molecule has 0 saturated heterocycles. The van der Waals surface area contributed by atoms with Gasteiger partial charge in [0, 0.05) is 9.79 Å². The Morgan fingerprint density at radius 3 is 2.10 bits per heavy atom. The molecule has 1 aliphatic heterocycles. The monoisotopic (exact) mass is 328 g/mol. The first kappa shape index (κ1) is 13.4. The fraction of sp³-hybridized carbons (Fsp3) is 0.125. The van der Waals surface area contributed by atoms with Crippen LogP contribution < -0.4 is 0 Å². The van der Waals surface area contributed by atoms with Crippen molar-refractivity contribution >= 4 is 34.9 Å². The van der Waals surface area contributed by atoms with Crippen LogP contribution in [0, 0.1) is 6.92 Å². The smallest absolute Gasteiger partial charge is 0.143 e. The van der Waals surface area contributed by atoms with Gasteiger partial charge in [0.15, 0.2) is 4.34 Å². The minimum atomic E-state index is 0.297. The molecule has 0 saturated carbocycles. The molecule has 2 nitrogen and oxygen atoms in total. The van der Waals surface area contributed by atoms with Gasteiger partial charge in [0.25, 0.3) is 0 Å². The second kappa shape index (κ2) is 5.48. The van der Waals surface area contributed by atoms with Gasteiger partial charge in [0.1, 0.15) is 5.01 Å². The van der Waals surface area contributed by atoms with E-state index in [1.807, 2.05) is 18.7 Å². The van der Waals surface area contributed by atoms with E-state index in [0.717, 1.165) is 9.35 Å². The third-order valence-electron chi connectivity index (χ3n) is 3.35. The van der Waals surface area contributed by atoms with Crippen LogP contribution in [0.4, 0.5) is 0 Å². The summed E-state index contributed by atoms with van der Waals surface area (Å²) in [4.78, 5) is 2.69. The highest BCUT2D eigenvalue weighted by atomic mass is 32.2. The summed E-state index contributed by atoms with van der Waals surface area (Å²) in [5.74, 6) is 0. The lowest BCUT2D eigenvalue weighted by Crippen LogP contribution is -2.05. The van der Waals surface area contributed by atoms with Crippen molar-refractivity contribution in [3.05, 3.63) is 64.7 Å². The third kappa shape index (κ3) is 2.50. The van der Waals surface area contributed by atoms with Crippen molar-refractivity contribution in [2.45, 2.75) is 26.3 Å². The first-order valence-corrected chi connectivity index (χ1v) is 9.15. The zero-order chi connectivity index (χ0) is 14.2. The van der Waals surface area contributed by atoms with Gasteiger partial charge in [-0.1, -0.05) is 71.3 Å². The summed E-state index contributed by atoms with van der Waals surface area (Å²) in [6.45, 7) is 2.00. The van der Waals surface area contributed by atoms with Crippen LogP contribution in [-0.2, 0) is 0 Å². The normalized spacial score (nSPS) is 13.8. The predicted molar refractivity (Wildman–Crippen MR) is 89.4 cm³/mol. The molecule has 2 heterocycles. The minimum absolute atomic E-state index is 0.297. The van der Waals surface area contributed by atoms with Crippen LogP contribution in [-0.4, -0.2) is 10.2 Å². The summed E-state index contributed by atoms with van der Waals surface area (Å²) >= 11 is 5.32. The summed E-state index contributed by atoms with van der Waals surface area (Å²) in [6, 6.07) is 17.3. The zero-order valence-corrected chi connectivity index (χ0v) is 13.8. The van der Waals surface area contributed by atoms with E-state index in [2.05, 4.69) is 58.7 Å². The second-order valence-electron chi connectivity index (χ2n) is 4.76. The molecule has 0 aliphatic carbocycles. The van der Waals surface area contributed by atoms with Crippen molar-refractivity contribution in [3.8, 4) is 0 Å². The fourth-order valence-electron chi connectivity index (χ4n) is 2.42. The average Bonchev–Trinajstić information content (AvgIpc) is 2.92. The maximum Gasteiger partial charge on any atom is 0.175 e. The molecular weight excluding hydrogens is 316 g/mol. The number of thioether (sulfide) groups is 1. The van der Waals surface area contributed by atoms with Crippen LogP contribution >= 0.6 is 34.9 Å². The zero-order valence-electron chi connectivity index (χ0n) is 11.3. The predicted octanol–water partition coefficient (Wildman–Crippen LogP) is 5.19. The summed E-state index contributed by atoms with van der Waals surface area (Å²) in [7, 11) is 0. The molecule has 5 heteroatoms. The first-order valence-electron chi connectivity index (χ1n) is 6.64. The molecule has 0 atom stereocenters. The Morgan fingerprint density at radius 1 is 0.905 bits per heavy atom. The van der Waals surface area contributed by atoms with Crippen LogP contribution in [0.2, 0.25) is 0 Å². The highest BCUT2D eigenvalue weighted by molar-refractivity contribution is 8.02. The van der Waals surface area contributed by atoms with Gasteiger partial charge in [-0.25, -0.2) is 0 Å². The Hall–Kier alpha value is -1.30. The molecule has 3 aromatic rings. The highest BCUT2D eigenvalue weighted by Gasteiger charge is 2.27. The lowest BCUT2D eigenvalue weighted by atomic mass is 10.0. The fourth-order valence-corrected chi connectivity index (χ4v) is 5.92. The third-order valence-corrected chi connectivity index (χ3v) is 6.73. The Balaban J connectivity index is 1.81. The van der Waals surface area contributed by atoms with E-state index in [1.165, 1.54) is 20.9 Å². The number of aromatic nitrogens is 2. The molecule has 104 valence electrons. The van der Waals surface area contributed by atoms with E-state index in [0.29, 0.717) is 5.25 Å². The van der Waals surface area contributed by atoms with Crippen LogP contribution in [0.15, 0.2) is 62.7 Å². The topological polar surface area (TPSA) is 25.8 Å². The average molecular weight is 328 g/mol. The van der Waals surface area contributed by atoms with E-state index in [4.69, 9.17) is 0 Å². The van der Waals surface area contributed by atoms with Crippen molar-refractivity contribution in [3.63, 3.8) is 0 Å². The van der Waals surface area contributed by atoms with Crippen LogP contribution in [0.3, 0.4) is 0 Å².